The molecule has 0 bridgehead atoms. The van der Waals surface area contributed by atoms with E-state index in [2.05, 4.69) is 20.3 Å². The Balaban J connectivity index is 1.50. The largest absolute Gasteiger partial charge is 0.309 e. The van der Waals surface area contributed by atoms with E-state index < -0.39 is 15.8 Å². The van der Waals surface area contributed by atoms with Crippen LogP contribution in [0.3, 0.4) is 0 Å². The molecule has 1 aromatic carbocycles. The zero-order valence-corrected chi connectivity index (χ0v) is 15.7. The van der Waals surface area contributed by atoms with Gasteiger partial charge in [-0.2, -0.15) is 4.31 Å². The van der Waals surface area contributed by atoms with Gasteiger partial charge in [0.2, 0.25) is 16.0 Å². The molecule has 0 saturated carbocycles. The number of aromatic nitrogens is 3. The van der Waals surface area contributed by atoms with E-state index in [1.54, 1.807) is 18.5 Å². The fraction of sp³-hybridized carbons (Fsp3) is 0.211. The average molecular weight is 399 g/mol. The van der Waals surface area contributed by atoms with Crippen LogP contribution in [0, 0.1) is 5.82 Å². The third kappa shape index (κ3) is 3.85. The quantitative estimate of drug-likeness (QED) is 0.710. The van der Waals surface area contributed by atoms with Crippen molar-refractivity contribution in [1.29, 1.82) is 0 Å². The van der Waals surface area contributed by atoms with E-state index in [1.165, 1.54) is 16.4 Å². The molecule has 7 nitrogen and oxygen atoms in total. The van der Waals surface area contributed by atoms with Crippen LogP contribution in [0.2, 0.25) is 0 Å². The molecule has 1 N–H and O–H groups in total. The number of pyridine rings is 1. The van der Waals surface area contributed by atoms with Crippen molar-refractivity contribution in [2.24, 2.45) is 0 Å². The van der Waals surface area contributed by atoms with Crippen molar-refractivity contribution in [3.63, 3.8) is 0 Å². The van der Waals surface area contributed by atoms with Crippen molar-refractivity contribution in [3.8, 4) is 0 Å². The first-order valence-electron chi connectivity index (χ1n) is 8.79. The van der Waals surface area contributed by atoms with Gasteiger partial charge in [-0.1, -0.05) is 6.07 Å². The van der Waals surface area contributed by atoms with Gasteiger partial charge in [-0.3, -0.25) is 0 Å². The topological polar surface area (TPSA) is 88.1 Å². The van der Waals surface area contributed by atoms with Gasteiger partial charge in [0, 0.05) is 31.4 Å². The lowest BCUT2D eigenvalue weighted by atomic mass is 10.1. The number of hydrogen-bond donors (Lipinski definition) is 1. The smallest absolute Gasteiger partial charge is 0.243 e. The van der Waals surface area contributed by atoms with E-state index in [0.717, 1.165) is 17.8 Å². The summed E-state index contributed by atoms with van der Waals surface area (Å²) in [5, 5.41) is 3.04. The fourth-order valence-corrected chi connectivity index (χ4v) is 4.66. The molecular weight excluding hydrogens is 381 g/mol. The second-order valence-corrected chi connectivity index (χ2v) is 8.39. The molecule has 9 heteroatoms. The third-order valence-electron chi connectivity index (χ3n) is 4.60. The minimum absolute atomic E-state index is 0.0393. The van der Waals surface area contributed by atoms with E-state index in [4.69, 9.17) is 0 Å². The highest BCUT2D eigenvalue weighted by Gasteiger charge is 2.34. The number of benzene rings is 1. The highest BCUT2D eigenvalue weighted by atomic mass is 32.2. The van der Waals surface area contributed by atoms with Gasteiger partial charge in [0.05, 0.1) is 10.6 Å². The molecule has 0 aliphatic carbocycles. The molecule has 1 saturated heterocycles. The molecular formula is C19H18FN5O2S. The monoisotopic (exact) mass is 399 g/mol. The fourth-order valence-electron chi connectivity index (χ4n) is 3.16. The van der Waals surface area contributed by atoms with E-state index in [-0.39, 0.29) is 10.8 Å². The number of anilines is 2. The summed E-state index contributed by atoms with van der Waals surface area (Å²) in [5.41, 5.74) is 0.769. The summed E-state index contributed by atoms with van der Waals surface area (Å²) in [6.07, 6.45) is 3.96. The molecule has 0 spiro atoms. The summed E-state index contributed by atoms with van der Waals surface area (Å²) in [6, 6.07) is 12.2. The summed E-state index contributed by atoms with van der Waals surface area (Å²) < 4.78 is 40.1. The van der Waals surface area contributed by atoms with Crippen molar-refractivity contribution >= 4 is 21.8 Å². The van der Waals surface area contributed by atoms with Crippen LogP contribution in [-0.4, -0.2) is 40.8 Å². The van der Waals surface area contributed by atoms with Gasteiger partial charge in [-0.15, -0.1) is 0 Å². The number of sulfonamides is 1. The number of hydrogen-bond acceptors (Lipinski definition) is 6. The van der Waals surface area contributed by atoms with Gasteiger partial charge in [0.25, 0.3) is 0 Å². The molecule has 144 valence electrons. The first-order chi connectivity index (χ1) is 13.5. The standard InChI is InChI=1S/C19H18FN5O2S/c20-15-4-6-16(7-5-15)28(26,27)25-12-9-14(13-25)17-8-11-22-19(23-17)24-18-3-1-2-10-21-18/h1-8,10-11,14H,9,12-13H2,(H,21,22,23,24)/t14-/m1/s1. The average Bonchev–Trinajstić information content (AvgIpc) is 3.21. The molecule has 2 aromatic heterocycles. The van der Waals surface area contributed by atoms with Crippen LogP contribution in [0.25, 0.3) is 0 Å². The molecule has 1 aliphatic heterocycles. The predicted molar refractivity (Wildman–Crippen MR) is 102 cm³/mol. The van der Waals surface area contributed by atoms with Crippen LogP contribution in [0.15, 0.2) is 65.8 Å². The van der Waals surface area contributed by atoms with Crippen LogP contribution >= 0.6 is 0 Å². The SMILES string of the molecule is O=S(=O)(c1ccc(F)cc1)N1CC[C@@H](c2ccnc(Nc3ccccn3)n2)C1. The summed E-state index contributed by atoms with van der Waals surface area (Å²) in [5.74, 6) is 0.539. The lowest BCUT2D eigenvalue weighted by Gasteiger charge is -2.16. The number of nitrogens with one attached hydrogen (secondary N) is 1. The number of nitrogens with zero attached hydrogens (tertiary/aromatic N) is 4. The van der Waals surface area contributed by atoms with E-state index >= 15 is 0 Å². The van der Waals surface area contributed by atoms with E-state index in [0.29, 0.717) is 31.3 Å². The maximum atomic E-state index is 13.1. The molecule has 1 fully saturated rings. The Labute approximate surface area is 162 Å². The third-order valence-corrected chi connectivity index (χ3v) is 6.48. The summed E-state index contributed by atoms with van der Waals surface area (Å²) in [7, 11) is -3.66. The van der Waals surface area contributed by atoms with Crippen molar-refractivity contribution in [2.75, 3.05) is 18.4 Å². The zero-order chi connectivity index (χ0) is 19.6. The molecule has 1 aliphatic rings. The minimum Gasteiger partial charge on any atom is -0.309 e. The Kier molecular flexibility index (Phi) is 5.01. The molecule has 0 amide bonds. The zero-order valence-electron chi connectivity index (χ0n) is 14.9. The van der Waals surface area contributed by atoms with Crippen LogP contribution in [0.1, 0.15) is 18.0 Å². The number of rotatable bonds is 5. The van der Waals surface area contributed by atoms with E-state index in [1.807, 2.05) is 18.2 Å². The predicted octanol–water partition coefficient (Wildman–Crippen LogP) is 2.93. The van der Waals surface area contributed by atoms with Crippen LogP contribution in [0.5, 0.6) is 0 Å². The van der Waals surface area contributed by atoms with Crippen molar-refractivity contribution < 1.29 is 12.8 Å². The Morgan fingerprint density at radius 1 is 1.04 bits per heavy atom. The lowest BCUT2D eigenvalue weighted by molar-refractivity contribution is 0.472. The first-order valence-corrected chi connectivity index (χ1v) is 10.2. The minimum atomic E-state index is -3.66. The Bertz CT molecular complexity index is 1060. The van der Waals surface area contributed by atoms with Crippen molar-refractivity contribution in [3.05, 3.63) is 72.4 Å². The molecule has 28 heavy (non-hydrogen) atoms. The second-order valence-electron chi connectivity index (χ2n) is 6.45. The summed E-state index contributed by atoms with van der Waals surface area (Å²) in [6.45, 7) is 0.705. The van der Waals surface area contributed by atoms with Crippen LogP contribution in [-0.2, 0) is 10.0 Å². The van der Waals surface area contributed by atoms with Crippen LogP contribution in [0.4, 0.5) is 16.2 Å². The maximum absolute atomic E-state index is 13.1. The van der Waals surface area contributed by atoms with Gasteiger partial charge in [0.15, 0.2) is 0 Å². The summed E-state index contributed by atoms with van der Waals surface area (Å²) in [4.78, 5) is 13.0. The first kappa shape index (κ1) is 18.5. The van der Waals surface area contributed by atoms with Gasteiger partial charge >= 0.3 is 0 Å². The molecule has 1 atom stereocenters. The van der Waals surface area contributed by atoms with Crippen LogP contribution < -0.4 is 5.32 Å². The highest BCUT2D eigenvalue weighted by Crippen LogP contribution is 2.30. The summed E-state index contributed by atoms with van der Waals surface area (Å²) >= 11 is 0. The van der Waals surface area contributed by atoms with Gasteiger partial charge in [-0.25, -0.2) is 27.8 Å². The van der Waals surface area contributed by atoms with Gasteiger partial charge < -0.3 is 5.32 Å². The van der Waals surface area contributed by atoms with Gasteiger partial charge in [0.1, 0.15) is 11.6 Å². The molecule has 3 heterocycles. The Morgan fingerprint density at radius 3 is 2.61 bits per heavy atom. The Morgan fingerprint density at radius 2 is 1.86 bits per heavy atom. The molecule has 3 aromatic rings. The maximum Gasteiger partial charge on any atom is 0.243 e. The van der Waals surface area contributed by atoms with E-state index in [9.17, 15) is 12.8 Å². The lowest BCUT2D eigenvalue weighted by Crippen LogP contribution is -2.28. The Hall–Kier alpha value is -2.91. The normalized spacial score (nSPS) is 17.5. The number of halogens is 1. The molecule has 0 radical (unpaired) electrons. The molecule has 0 unspecified atom stereocenters. The molecule has 4 rings (SSSR count). The van der Waals surface area contributed by atoms with Crippen molar-refractivity contribution in [2.45, 2.75) is 17.2 Å². The van der Waals surface area contributed by atoms with Gasteiger partial charge in [-0.05, 0) is 48.9 Å². The second kappa shape index (κ2) is 7.61. The van der Waals surface area contributed by atoms with Crippen molar-refractivity contribution in [1.82, 2.24) is 19.3 Å². The highest BCUT2D eigenvalue weighted by molar-refractivity contribution is 7.89.